The summed E-state index contributed by atoms with van der Waals surface area (Å²) in [7, 11) is 0. The van der Waals surface area contributed by atoms with E-state index in [0.29, 0.717) is 0 Å². The lowest BCUT2D eigenvalue weighted by molar-refractivity contribution is 0.574. The Morgan fingerprint density at radius 1 is 0.722 bits per heavy atom. The van der Waals surface area contributed by atoms with Gasteiger partial charge in [0, 0.05) is 21.0 Å². The number of rotatable bonds is 3. The summed E-state index contributed by atoms with van der Waals surface area (Å²) in [4.78, 5) is 0. The van der Waals surface area contributed by atoms with Crippen molar-refractivity contribution >= 4 is 31.9 Å². The molecule has 2 atom stereocenters. The monoisotopic (exact) mass is 368 g/mol. The molecule has 2 aromatic rings. The summed E-state index contributed by atoms with van der Waals surface area (Å²) >= 11 is 6.89. The van der Waals surface area contributed by atoms with Gasteiger partial charge in [0.2, 0.25) is 0 Å². The van der Waals surface area contributed by atoms with Crippen LogP contribution in [0.1, 0.15) is 23.2 Å². The second-order valence-corrected chi connectivity index (χ2v) is 5.99. The van der Waals surface area contributed by atoms with E-state index >= 15 is 0 Å². The van der Waals surface area contributed by atoms with Crippen LogP contribution in [0.15, 0.2) is 57.5 Å². The molecule has 0 aromatic heterocycles. The van der Waals surface area contributed by atoms with E-state index < -0.39 is 0 Å². The lowest BCUT2D eigenvalue weighted by atomic mass is 9.95. The number of halogens is 2. The molecule has 0 saturated heterocycles. The molecule has 0 aliphatic rings. The van der Waals surface area contributed by atoms with Crippen molar-refractivity contribution in [1.82, 2.24) is 0 Å². The molecule has 0 fully saturated rings. The highest BCUT2D eigenvalue weighted by atomic mass is 79.9. The second-order valence-electron chi connectivity index (χ2n) is 4.16. The van der Waals surface area contributed by atoms with Crippen LogP contribution in [-0.2, 0) is 0 Å². The molecule has 0 saturated carbocycles. The van der Waals surface area contributed by atoms with Crippen LogP contribution in [0.4, 0.5) is 0 Å². The third-order valence-corrected chi connectivity index (χ3v) is 3.84. The minimum absolute atomic E-state index is 0.225. The largest absolute Gasteiger partial charge is 0.322 e. The molecule has 0 amide bonds. The number of nitrogens with two attached hydrogens (primary N) is 2. The molecule has 4 heteroatoms. The second kappa shape index (κ2) is 5.97. The number of benzene rings is 2. The molecule has 94 valence electrons. The molecule has 2 rings (SSSR count). The van der Waals surface area contributed by atoms with E-state index in [2.05, 4.69) is 31.9 Å². The van der Waals surface area contributed by atoms with Crippen molar-refractivity contribution in [3.05, 3.63) is 68.6 Å². The van der Waals surface area contributed by atoms with Crippen molar-refractivity contribution in [2.75, 3.05) is 0 Å². The lowest BCUT2D eigenvalue weighted by Crippen LogP contribution is -2.26. The molecule has 2 nitrogen and oxygen atoms in total. The molecule has 18 heavy (non-hydrogen) atoms. The average molecular weight is 370 g/mol. The van der Waals surface area contributed by atoms with Gasteiger partial charge in [0.05, 0.1) is 0 Å². The Bertz CT molecular complexity index is 493. The maximum absolute atomic E-state index is 6.23. The van der Waals surface area contributed by atoms with Crippen molar-refractivity contribution in [2.24, 2.45) is 11.5 Å². The third kappa shape index (κ3) is 3.20. The van der Waals surface area contributed by atoms with Crippen molar-refractivity contribution in [3.63, 3.8) is 0 Å². The maximum atomic E-state index is 6.23. The van der Waals surface area contributed by atoms with E-state index in [9.17, 15) is 0 Å². The van der Waals surface area contributed by atoms with E-state index in [1.54, 1.807) is 0 Å². The van der Waals surface area contributed by atoms with Gasteiger partial charge in [-0.25, -0.2) is 0 Å². The molecule has 0 unspecified atom stereocenters. The van der Waals surface area contributed by atoms with E-state index in [4.69, 9.17) is 11.5 Å². The Morgan fingerprint density at radius 2 is 1.11 bits per heavy atom. The predicted molar refractivity (Wildman–Crippen MR) is 82.1 cm³/mol. The van der Waals surface area contributed by atoms with E-state index in [1.807, 2.05) is 48.5 Å². The zero-order valence-electron chi connectivity index (χ0n) is 9.68. The minimum Gasteiger partial charge on any atom is -0.322 e. The van der Waals surface area contributed by atoms with E-state index in [0.717, 1.165) is 20.1 Å². The zero-order chi connectivity index (χ0) is 13.1. The maximum Gasteiger partial charge on any atom is 0.0491 e. The molecule has 2 aromatic carbocycles. The van der Waals surface area contributed by atoms with Gasteiger partial charge in [-0.1, -0.05) is 56.1 Å². The van der Waals surface area contributed by atoms with Crippen LogP contribution >= 0.6 is 31.9 Å². The Hall–Kier alpha value is -0.680. The van der Waals surface area contributed by atoms with Crippen molar-refractivity contribution in [1.29, 1.82) is 0 Å². The molecule has 0 spiro atoms. The van der Waals surface area contributed by atoms with Gasteiger partial charge in [0.25, 0.3) is 0 Å². The van der Waals surface area contributed by atoms with Crippen LogP contribution < -0.4 is 11.5 Å². The summed E-state index contributed by atoms with van der Waals surface area (Å²) < 4.78 is 2.02. The summed E-state index contributed by atoms with van der Waals surface area (Å²) in [6.45, 7) is 0. The quantitative estimate of drug-likeness (QED) is 0.861. The molecule has 0 heterocycles. The zero-order valence-corrected chi connectivity index (χ0v) is 12.9. The van der Waals surface area contributed by atoms with Crippen LogP contribution in [0.25, 0.3) is 0 Å². The van der Waals surface area contributed by atoms with Gasteiger partial charge in [-0.05, 0) is 35.4 Å². The first-order chi connectivity index (χ1) is 8.58. The fraction of sp³-hybridized carbons (Fsp3) is 0.143. The van der Waals surface area contributed by atoms with Crippen molar-refractivity contribution < 1.29 is 0 Å². The first-order valence-corrected chi connectivity index (χ1v) is 7.18. The Labute approximate surface area is 124 Å². The summed E-state index contributed by atoms with van der Waals surface area (Å²) in [5.74, 6) is 0. The van der Waals surface area contributed by atoms with Crippen LogP contribution in [0.2, 0.25) is 0 Å². The Balaban J connectivity index is 2.26. The van der Waals surface area contributed by atoms with Crippen LogP contribution in [-0.4, -0.2) is 0 Å². The number of hydrogen-bond acceptors (Lipinski definition) is 2. The van der Waals surface area contributed by atoms with Crippen LogP contribution in [0.3, 0.4) is 0 Å². The molecular weight excluding hydrogens is 356 g/mol. The van der Waals surface area contributed by atoms with E-state index in [1.165, 1.54) is 0 Å². The predicted octanol–water partition coefficient (Wildman–Crippen LogP) is 3.91. The van der Waals surface area contributed by atoms with Crippen LogP contribution in [0.5, 0.6) is 0 Å². The van der Waals surface area contributed by atoms with Gasteiger partial charge >= 0.3 is 0 Å². The first kappa shape index (κ1) is 13.7. The smallest absolute Gasteiger partial charge is 0.0491 e. The Kier molecular flexibility index (Phi) is 4.56. The summed E-state index contributed by atoms with van der Waals surface area (Å²) in [6.07, 6.45) is 0. The first-order valence-electron chi connectivity index (χ1n) is 5.60. The highest BCUT2D eigenvalue weighted by Gasteiger charge is 2.17. The standard InChI is InChI=1S/C14H14Br2N2/c15-11-5-1-3-9(7-11)13(17)14(18)10-4-2-6-12(16)8-10/h1-8,13-14H,17-18H2/t13-,14-/m0/s1. The average Bonchev–Trinajstić information content (AvgIpc) is 2.37. The van der Waals surface area contributed by atoms with Gasteiger partial charge < -0.3 is 11.5 Å². The van der Waals surface area contributed by atoms with Crippen molar-refractivity contribution in [2.45, 2.75) is 12.1 Å². The fourth-order valence-corrected chi connectivity index (χ4v) is 2.68. The number of hydrogen-bond donors (Lipinski definition) is 2. The highest BCUT2D eigenvalue weighted by molar-refractivity contribution is 9.10. The van der Waals surface area contributed by atoms with Crippen molar-refractivity contribution in [3.8, 4) is 0 Å². The SMILES string of the molecule is N[C@@H](c1cccc(Br)c1)[C@@H](N)c1cccc(Br)c1. The van der Waals surface area contributed by atoms with Gasteiger partial charge in [-0.15, -0.1) is 0 Å². The highest BCUT2D eigenvalue weighted by Crippen LogP contribution is 2.27. The molecule has 0 aliphatic carbocycles. The molecule has 0 bridgehead atoms. The molecular formula is C14H14Br2N2. The fourth-order valence-electron chi connectivity index (χ4n) is 1.84. The van der Waals surface area contributed by atoms with Gasteiger partial charge in [-0.2, -0.15) is 0 Å². The topological polar surface area (TPSA) is 52.0 Å². The summed E-state index contributed by atoms with van der Waals surface area (Å²) in [5, 5.41) is 0. The third-order valence-electron chi connectivity index (χ3n) is 2.85. The Morgan fingerprint density at radius 3 is 1.44 bits per heavy atom. The molecule has 4 N–H and O–H groups in total. The normalized spacial score (nSPS) is 14.2. The summed E-state index contributed by atoms with van der Waals surface area (Å²) in [5.41, 5.74) is 14.5. The van der Waals surface area contributed by atoms with Gasteiger partial charge in [-0.3, -0.25) is 0 Å². The van der Waals surface area contributed by atoms with Crippen LogP contribution in [0, 0.1) is 0 Å². The molecule has 0 aliphatic heterocycles. The van der Waals surface area contributed by atoms with E-state index in [-0.39, 0.29) is 12.1 Å². The summed E-state index contributed by atoms with van der Waals surface area (Å²) in [6, 6.07) is 15.4. The molecule has 0 radical (unpaired) electrons. The van der Waals surface area contributed by atoms with Gasteiger partial charge in [0.15, 0.2) is 0 Å². The minimum atomic E-state index is -0.225. The lowest BCUT2D eigenvalue weighted by Gasteiger charge is -2.21. The van der Waals surface area contributed by atoms with Gasteiger partial charge in [0.1, 0.15) is 0 Å².